The summed E-state index contributed by atoms with van der Waals surface area (Å²) in [7, 11) is 0. The van der Waals surface area contributed by atoms with Crippen LogP contribution in [0.5, 0.6) is 0 Å². The molecule has 0 radical (unpaired) electrons. The number of carbonyl (C=O) groups excluding carboxylic acids is 2. The topological polar surface area (TPSA) is 43.4 Å². The van der Waals surface area contributed by atoms with E-state index in [-0.39, 0.29) is 29.2 Å². The fourth-order valence-electron chi connectivity index (χ4n) is 6.81. The largest absolute Gasteiger partial charge is 0.462 e. The van der Waals surface area contributed by atoms with Gasteiger partial charge < -0.3 is 4.74 Å². The van der Waals surface area contributed by atoms with Gasteiger partial charge in [-0.05, 0) is 101 Å². The third-order valence-electron chi connectivity index (χ3n) is 8.01. The molecule has 0 aromatic carbocycles. The SMILES string of the molecule is C=C(I)C1C[C@H]2C(=CC1=O)CC[C@@H]1[C@@H]2CC[C@]2(C)[C@@H](OC(C)=O)CC[C@@H]12. The molecular weight excluding hydrogens is 439 g/mol. The van der Waals surface area contributed by atoms with E-state index in [1.54, 1.807) is 0 Å². The Bertz CT molecular complexity index is 681. The second kappa shape index (κ2) is 6.75. The monoisotopic (exact) mass is 468 g/mol. The number of ether oxygens (including phenoxy) is 1. The first-order chi connectivity index (χ1) is 12.3. The Morgan fingerprint density at radius 3 is 2.73 bits per heavy atom. The fraction of sp³-hybridized carbons (Fsp3) is 0.727. The minimum atomic E-state index is -0.137. The van der Waals surface area contributed by atoms with Gasteiger partial charge in [0, 0.05) is 12.3 Å². The van der Waals surface area contributed by atoms with Gasteiger partial charge in [0.25, 0.3) is 0 Å². The normalized spacial score (nSPS) is 44.4. The molecule has 4 heteroatoms. The number of halogens is 1. The first-order valence-corrected chi connectivity index (χ1v) is 11.1. The maximum Gasteiger partial charge on any atom is 0.302 e. The molecule has 3 fully saturated rings. The molecule has 4 aliphatic carbocycles. The Labute approximate surface area is 170 Å². The Kier molecular flexibility index (Phi) is 4.85. The van der Waals surface area contributed by atoms with Gasteiger partial charge in [0.05, 0.1) is 5.92 Å². The lowest BCUT2D eigenvalue weighted by molar-refractivity contribution is -0.156. The third-order valence-corrected chi connectivity index (χ3v) is 8.76. The summed E-state index contributed by atoms with van der Waals surface area (Å²) in [6, 6.07) is 0. The Hall–Kier alpha value is -0.650. The molecule has 4 rings (SSSR count). The first kappa shape index (κ1) is 18.7. The zero-order valence-corrected chi connectivity index (χ0v) is 18.0. The van der Waals surface area contributed by atoms with Crippen molar-refractivity contribution < 1.29 is 14.3 Å². The smallest absolute Gasteiger partial charge is 0.302 e. The van der Waals surface area contributed by atoms with Crippen molar-refractivity contribution in [1.82, 2.24) is 0 Å². The van der Waals surface area contributed by atoms with Crippen molar-refractivity contribution in [3.05, 3.63) is 21.8 Å². The lowest BCUT2D eigenvalue weighted by Gasteiger charge is -2.54. The number of esters is 1. The number of carbonyl (C=O) groups is 2. The molecule has 0 amide bonds. The molecule has 0 saturated heterocycles. The van der Waals surface area contributed by atoms with Crippen LogP contribution in [0.1, 0.15) is 58.8 Å². The van der Waals surface area contributed by atoms with Crippen LogP contribution in [0.15, 0.2) is 21.8 Å². The van der Waals surface area contributed by atoms with Crippen LogP contribution in [0, 0.1) is 35.0 Å². The van der Waals surface area contributed by atoms with Crippen molar-refractivity contribution >= 4 is 34.3 Å². The van der Waals surface area contributed by atoms with E-state index in [0.717, 1.165) is 29.3 Å². The predicted octanol–water partition coefficient (Wildman–Crippen LogP) is 5.23. The van der Waals surface area contributed by atoms with Gasteiger partial charge in [0.15, 0.2) is 5.78 Å². The molecular formula is C22H29IO3. The molecule has 26 heavy (non-hydrogen) atoms. The van der Waals surface area contributed by atoms with Crippen LogP contribution in [-0.2, 0) is 14.3 Å². The van der Waals surface area contributed by atoms with E-state index in [2.05, 4.69) is 36.1 Å². The van der Waals surface area contributed by atoms with Gasteiger partial charge in [0.2, 0.25) is 0 Å². The number of rotatable bonds is 2. The van der Waals surface area contributed by atoms with Gasteiger partial charge in [-0.25, -0.2) is 0 Å². The van der Waals surface area contributed by atoms with Crippen LogP contribution in [0.25, 0.3) is 0 Å². The second-order valence-corrected chi connectivity index (χ2v) is 10.5. The van der Waals surface area contributed by atoms with E-state index in [0.29, 0.717) is 23.7 Å². The highest BCUT2D eigenvalue weighted by Gasteiger charge is 2.57. The third kappa shape index (κ3) is 2.91. The standard InChI is InChI=1S/C22H29IO3/c1-12(23)17-11-18-14(10-20(17)25)4-5-16-15(18)8-9-22(3)19(16)6-7-21(22)26-13(2)24/h10,15-19,21H,1,4-9,11H2,2-3H3/t15-,16+,17?,18-,19-,21-,22-/m0/s1. The zero-order chi connectivity index (χ0) is 18.6. The quantitative estimate of drug-likeness (QED) is 0.412. The molecule has 4 aliphatic rings. The predicted molar refractivity (Wildman–Crippen MR) is 110 cm³/mol. The van der Waals surface area contributed by atoms with E-state index in [9.17, 15) is 9.59 Å². The Morgan fingerprint density at radius 2 is 2.04 bits per heavy atom. The molecule has 3 nitrogen and oxygen atoms in total. The van der Waals surface area contributed by atoms with E-state index < -0.39 is 0 Å². The second-order valence-electron chi connectivity index (χ2n) is 9.16. The summed E-state index contributed by atoms with van der Waals surface area (Å²) in [5, 5.41) is 0. The highest BCUT2D eigenvalue weighted by Crippen LogP contribution is 2.62. The van der Waals surface area contributed by atoms with E-state index >= 15 is 0 Å². The molecule has 142 valence electrons. The zero-order valence-electron chi connectivity index (χ0n) is 15.8. The molecule has 0 aromatic heterocycles. The molecule has 0 N–H and O–H groups in total. The summed E-state index contributed by atoms with van der Waals surface area (Å²) in [6.07, 6.45) is 9.83. The summed E-state index contributed by atoms with van der Waals surface area (Å²) >= 11 is 2.24. The van der Waals surface area contributed by atoms with Crippen molar-refractivity contribution in [1.29, 1.82) is 0 Å². The van der Waals surface area contributed by atoms with Crippen LogP contribution in [0.2, 0.25) is 0 Å². The van der Waals surface area contributed by atoms with E-state index in [1.165, 1.54) is 31.8 Å². The molecule has 3 saturated carbocycles. The van der Waals surface area contributed by atoms with Gasteiger partial charge >= 0.3 is 5.97 Å². The van der Waals surface area contributed by atoms with Crippen LogP contribution < -0.4 is 0 Å². The van der Waals surface area contributed by atoms with E-state index in [1.807, 2.05) is 6.08 Å². The molecule has 0 spiro atoms. The van der Waals surface area contributed by atoms with Gasteiger partial charge in [0.1, 0.15) is 6.10 Å². The first-order valence-electron chi connectivity index (χ1n) is 10.1. The lowest BCUT2D eigenvalue weighted by Crippen LogP contribution is -2.48. The van der Waals surface area contributed by atoms with Crippen molar-refractivity contribution in [2.24, 2.45) is 35.0 Å². The summed E-state index contributed by atoms with van der Waals surface area (Å²) in [5.74, 6) is 2.76. The average molecular weight is 468 g/mol. The Morgan fingerprint density at radius 1 is 1.27 bits per heavy atom. The highest BCUT2D eigenvalue weighted by molar-refractivity contribution is 14.1. The number of hydrogen-bond acceptors (Lipinski definition) is 3. The minimum absolute atomic E-state index is 0.00813. The summed E-state index contributed by atoms with van der Waals surface area (Å²) < 4.78 is 6.71. The van der Waals surface area contributed by atoms with Crippen molar-refractivity contribution in [2.45, 2.75) is 64.9 Å². The number of allylic oxidation sites excluding steroid dienone is 2. The summed E-state index contributed by atoms with van der Waals surface area (Å²) in [4.78, 5) is 24.0. The number of fused-ring (bicyclic) bond motifs is 5. The van der Waals surface area contributed by atoms with Gasteiger partial charge in [-0.15, -0.1) is 0 Å². The molecule has 1 unspecified atom stereocenters. The molecule has 0 heterocycles. The fourth-order valence-corrected chi connectivity index (χ4v) is 7.37. The van der Waals surface area contributed by atoms with Gasteiger partial charge in [-0.3, -0.25) is 9.59 Å². The molecule has 0 aliphatic heterocycles. The number of ketones is 1. The lowest BCUT2D eigenvalue weighted by atomic mass is 9.51. The van der Waals surface area contributed by atoms with Crippen LogP contribution >= 0.6 is 22.6 Å². The Balaban J connectivity index is 1.58. The average Bonchev–Trinajstić information content (AvgIpc) is 2.89. The summed E-state index contributed by atoms with van der Waals surface area (Å²) in [6.45, 7) is 7.96. The van der Waals surface area contributed by atoms with Crippen molar-refractivity contribution in [3.63, 3.8) is 0 Å². The minimum Gasteiger partial charge on any atom is -0.462 e. The summed E-state index contributed by atoms with van der Waals surface area (Å²) in [5.41, 5.74) is 1.55. The van der Waals surface area contributed by atoms with Gasteiger partial charge in [-0.2, -0.15) is 0 Å². The van der Waals surface area contributed by atoms with Crippen LogP contribution in [0.4, 0.5) is 0 Å². The van der Waals surface area contributed by atoms with Gasteiger partial charge in [-0.1, -0.05) is 19.1 Å². The number of hydrogen-bond donors (Lipinski definition) is 0. The molecule has 7 atom stereocenters. The van der Waals surface area contributed by atoms with E-state index in [4.69, 9.17) is 4.74 Å². The highest BCUT2D eigenvalue weighted by atomic mass is 127. The maximum atomic E-state index is 12.4. The van der Waals surface area contributed by atoms with Crippen molar-refractivity contribution in [2.75, 3.05) is 0 Å². The van der Waals surface area contributed by atoms with Crippen LogP contribution in [-0.4, -0.2) is 17.9 Å². The molecule has 0 aromatic rings. The van der Waals surface area contributed by atoms with Crippen molar-refractivity contribution in [3.8, 4) is 0 Å². The van der Waals surface area contributed by atoms with Crippen LogP contribution in [0.3, 0.4) is 0 Å². The maximum absolute atomic E-state index is 12.4. The molecule has 0 bridgehead atoms.